The van der Waals surface area contributed by atoms with E-state index in [1.165, 1.54) is 48.0 Å². The molecule has 0 heterocycles. The van der Waals surface area contributed by atoms with Crippen molar-refractivity contribution >= 4 is 21.6 Å². The molecule has 0 atom stereocenters. The van der Waals surface area contributed by atoms with Crippen molar-refractivity contribution in [2.45, 2.75) is 45.2 Å². The van der Waals surface area contributed by atoms with Crippen molar-refractivity contribution in [1.82, 2.24) is 5.32 Å². The van der Waals surface area contributed by atoms with Crippen LogP contribution in [0.1, 0.15) is 38.2 Å². The van der Waals surface area contributed by atoms with Gasteiger partial charge in [0, 0.05) is 35.8 Å². The van der Waals surface area contributed by atoms with E-state index in [1.54, 1.807) is 0 Å². The van der Waals surface area contributed by atoms with E-state index < -0.39 is 0 Å². The number of anilines is 1. The summed E-state index contributed by atoms with van der Waals surface area (Å²) in [5.41, 5.74) is 2.86. The van der Waals surface area contributed by atoms with E-state index in [0.717, 1.165) is 25.0 Å². The predicted octanol–water partition coefficient (Wildman–Crippen LogP) is 3.94. The minimum atomic E-state index is 0.773. The molecule has 0 aromatic heterocycles. The Morgan fingerprint density at radius 3 is 2.68 bits per heavy atom. The largest absolute Gasteiger partial charge is 0.371 e. The number of halogens is 1. The van der Waals surface area contributed by atoms with Gasteiger partial charge in [-0.1, -0.05) is 22.0 Å². The second-order valence-electron chi connectivity index (χ2n) is 5.91. The Kier molecular flexibility index (Phi) is 4.13. The van der Waals surface area contributed by atoms with Crippen LogP contribution in [-0.4, -0.2) is 19.1 Å². The SMILES string of the molecule is CCN(CC1CC1)c1cc(Br)ccc1CNC1CC1. The molecule has 0 bridgehead atoms. The van der Waals surface area contributed by atoms with Crippen molar-refractivity contribution in [2.24, 2.45) is 5.92 Å². The molecule has 19 heavy (non-hydrogen) atoms. The molecule has 2 saturated carbocycles. The maximum Gasteiger partial charge on any atom is 0.0423 e. The third-order valence-electron chi connectivity index (χ3n) is 4.10. The van der Waals surface area contributed by atoms with Gasteiger partial charge in [0.2, 0.25) is 0 Å². The molecule has 2 aliphatic rings. The predicted molar refractivity (Wildman–Crippen MR) is 84.6 cm³/mol. The molecule has 2 fully saturated rings. The Balaban J connectivity index is 1.75. The molecule has 0 radical (unpaired) electrons. The summed E-state index contributed by atoms with van der Waals surface area (Å²) in [7, 11) is 0. The Hall–Kier alpha value is -0.540. The molecule has 1 aromatic carbocycles. The molecule has 1 aromatic rings. The van der Waals surface area contributed by atoms with E-state index >= 15 is 0 Å². The van der Waals surface area contributed by atoms with Crippen LogP contribution in [0.25, 0.3) is 0 Å². The molecule has 104 valence electrons. The van der Waals surface area contributed by atoms with Crippen molar-refractivity contribution in [1.29, 1.82) is 0 Å². The highest BCUT2D eigenvalue weighted by Gasteiger charge is 2.25. The maximum atomic E-state index is 3.64. The summed E-state index contributed by atoms with van der Waals surface area (Å²) in [6.07, 6.45) is 5.54. The number of hydrogen-bond donors (Lipinski definition) is 1. The molecule has 2 nitrogen and oxygen atoms in total. The van der Waals surface area contributed by atoms with Gasteiger partial charge in [-0.15, -0.1) is 0 Å². The number of benzene rings is 1. The molecule has 0 saturated heterocycles. The van der Waals surface area contributed by atoms with Gasteiger partial charge in [-0.05, 0) is 56.2 Å². The van der Waals surface area contributed by atoms with Crippen molar-refractivity contribution in [3.8, 4) is 0 Å². The van der Waals surface area contributed by atoms with E-state index in [0.29, 0.717) is 0 Å². The van der Waals surface area contributed by atoms with Crippen molar-refractivity contribution in [3.63, 3.8) is 0 Å². The van der Waals surface area contributed by atoms with E-state index in [-0.39, 0.29) is 0 Å². The normalized spacial score (nSPS) is 18.6. The van der Waals surface area contributed by atoms with Crippen LogP contribution in [0.3, 0.4) is 0 Å². The summed E-state index contributed by atoms with van der Waals surface area (Å²) in [5, 5.41) is 3.64. The lowest BCUT2D eigenvalue weighted by Crippen LogP contribution is -2.27. The second-order valence-corrected chi connectivity index (χ2v) is 6.83. The Morgan fingerprint density at radius 1 is 1.26 bits per heavy atom. The third-order valence-corrected chi connectivity index (χ3v) is 4.60. The summed E-state index contributed by atoms with van der Waals surface area (Å²) in [5.74, 6) is 0.933. The molecular formula is C16H23BrN2. The van der Waals surface area contributed by atoms with Gasteiger partial charge in [0.25, 0.3) is 0 Å². The minimum Gasteiger partial charge on any atom is -0.371 e. The monoisotopic (exact) mass is 322 g/mol. The molecule has 0 spiro atoms. The van der Waals surface area contributed by atoms with Crippen LogP contribution in [0.5, 0.6) is 0 Å². The zero-order valence-corrected chi connectivity index (χ0v) is 13.2. The average Bonchev–Trinajstić information content (AvgIpc) is 3.28. The zero-order chi connectivity index (χ0) is 13.2. The lowest BCUT2D eigenvalue weighted by molar-refractivity contribution is 0.678. The minimum absolute atomic E-state index is 0.773. The van der Waals surface area contributed by atoms with Crippen LogP contribution < -0.4 is 10.2 Å². The summed E-state index contributed by atoms with van der Waals surface area (Å²) < 4.78 is 1.19. The Labute approximate surface area is 124 Å². The van der Waals surface area contributed by atoms with Gasteiger partial charge >= 0.3 is 0 Å². The first-order valence-corrected chi connectivity index (χ1v) is 8.32. The van der Waals surface area contributed by atoms with Crippen molar-refractivity contribution in [3.05, 3.63) is 28.2 Å². The number of hydrogen-bond acceptors (Lipinski definition) is 2. The van der Waals surface area contributed by atoms with Gasteiger partial charge in [-0.2, -0.15) is 0 Å². The summed E-state index contributed by atoms with van der Waals surface area (Å²) in [6.45, 7) is 5.60. The quantitative estimate of drug-likeness (QED) is 0.818. The van der Waals surface area contributed by atoms with E-state index in [2.05, 4.69) is 51.3 Å². The molecule has 0 unspecified atom stereocenters. The molecule has 2 aliphatic carbocycles. The maximum absolute atomic E-state index is 3.64. The zero-order valence-electron chi connectivity index (χ0n) is 11.7. The van der Waals surface area contributed by atoms with Crippen molar-refractivity contribution < 1.29 is 0 Å². The number of nitrogens with zero attached hydrogens (tertiary/aromatic N) is 1. The highest BCUT2D eigenvalue weighted by atomic mass is 79.9. The molecule has 3 heteroatoms. The number of nitrogens with one attached hydrogen (secondary N) is 1. The van der Waals surface area contributed by atoms with Crippen LogP contribution in [-0.2, 0) is 6.54 Å². The first kappa shape index (κ1) is 13.4. The Morgan fingerprint density at radius 2 is 2.05 bits per heavy atom. The van der Waals surface area contributed by atoms with Crippen LogP contribution >= 0.6 is 15.9 Å². The summed E-state index contributed by atoms with van der Waals surface area (Å²) in [6, 6.07) is 7.49. The van der Waals surface area contributed by atoms with E-state index in [9.17, 15) is 0 Å². The van der Waals surface area contributed by atoms with Crippen LogP contribution in [0.2, 0.25) is 0 Å². The summed E-state index contributed by atoms with van der Waals surface area (Å²) in [4.78, 5) is 2.55. The second kappa shape index (κ2) is 5.84. The first-order valence-electron chi connectivity index (χ1n) is 7.53. The lowest BCUT2D eigenvalue weighted by atomic mass is 10.1. The number of rotatable bonds is 7. The fourth-order valence-electron chi connectivity index (χ4n) is 2.53. The molecule has 1 N–H and O–H groups in total. The van der Waals surface area contributed by atoms with Crippen molar-refractivity contribution in [2.75, 3.05) is 18.0 Å². The van der Waals surface area contributed by atoms with Gasteiger partial charge in [0.1, 0.15) is 0 Å². The third kappa shape index (κ3) is 3.73. The van der Waals surface area contributed by atoms with Gasteiger partial charge in [-0.3, -0.25) is 0 Å². The fourth-order valence-corrected chi connectivity index (χ4v) is 2.88. The molecule has 0 aliphatic heterocycles. The molecule has 3 rings (SSSR count). The van der Waals surface area contributed by atoms with Gasteiger partial charge < -0.3 is 10.2 Å². The summed E-state index contributed by atoms with van der Waals surface area (Å²) >= 11 is 3.62. The van der Waals surface area contributed by atoms with Crippen LogP contribution in [0, 0.1) is 5.92 Å². The van der Waals surface area contributed by atoms with Crippen LogP contribution in [0.4, 0.5) is 5.69 Å². The standard InChI is InChI=1S/C16H23BrN2/c1-2-19(11-12-3-4-12)16-9-14(17)6-5-13(16)10-18-15-7-8-15/h5-6,9,12,15,18H,2-4,7-8,10-11H2,1H3. The smallest absolute Gasteiger partial charge is 0.0423 e. The fraction of sp³-hybridized carbons (Fsp3) is 0.625. The van der Waals surface area contributed by atoms with Crippen LogP contribution in [0.15, 0.2) is 22.7 Å². The molecule has 0 amide bonds. The van der Waals surface area contributed by atoms with Gasteiger partial charge in [-0.25, -0.2) is 0 Å². The van der Waals surface area contributed by atoms with Gasteiger partial charge in [0.15, 0.2) is 0 Å². The topological polar surface area (TPSA) is 15.3 Å². The lowest BCUT2D eigenvalue weighted by Gasteiger charge is -2.26. The van der Waals surface area contributed by atoms with E-state index in [4.69, 9.17) is 0 Å². The Bertz CT molecular complexity index is 438. The highest BCUT2D eigenvalue weighted by molar-refractivity contribution is 9.10. The van der Waals surface area contributed by atoms with Gasteiger partial charge in [0.05, 0.1) is 0 Å². The van der Waals surface area contributed by atoms with E-state index in [1.807, 2.05) is 0 Å². The highest BCUT2D eigenvalue weighted by Crippen LogP contribution is 2.33. The first-order chi connectivity index (χ1) is 9.26. The average molecular weight is 323 g/mol. The molecular weight excluding hydrogens is 300 g/mol.